The molecule has 78 valence electrons. The van der Waals surface area contributed by atoms with Crippen LogP contribution < -0.4 is 0 Å². The van der Waals surface area contributed by atoms with Gasteiger partial charge in [0.15, 0.2) is 5.65 Å². The van der Waals surface area contributed by atoms with Gasteiger partial charge in [0.25, 0.3) is 0 Å². The van der Waals surface area contributed by atoms with Crippen molar-refractivity contribution in [2.24, 2.45) is 0 Å². The molecule has 1 aliphatic rings. The van der Waals surface area contributed by atoms with E-state index in [2.05, 4.69) is 27.2 Å². The first-order valence-corrected chi connectivity index (χ1v) is 5.19. The lowest BCUT2D eigenvalue weighted by molar-refractivity contribution is 0.382. The van der Waals surface area contributed by atoms with Crippen molar-refractivity contribution in [1.82, 2.24) is 24.9 Å². The Balaban J connectivity index is 2.04. The molecule has 1 atom stereocenters. The minimum Gasteiger partial charge on any atom is -0.304 e. The van der Waals surface area contributed by atoms with Crippen LogP contribution in [0.4, 0.5) is 0 Å². The summed E-state index contributed by atoms with van der Waals surface area (Å²) >= 11 is 0. The topological polar surface area (TPSA) is 46.8 Å². The van der Waals surface area contributed by atoms with Gasteiger partial charge in [0, 0.05) is 19.3 Å². The first-order valence-electron chi connectivity index (χ1n) is 5.19. The third-order valence-electron chi connectivity index (χ3n) is 2.94. The van der Waals surface area contributed by atoms with Crippen LogP contribution in [0.1, 0.15) is 12.5 Å². The van der Waals surface area contributed by atoms with E-state index in [1.165, 1.54) is 0 Å². The zero-order chi connectivity index (χ0) is 10.3. The van der Waals surface area contributed by atoms with Gasteiger partial charge in [-0.05, 0) is 25.6 Å². The maximum absolute atomic E-state index is 4.33. The Morgan fingerprint density at radius 3 is 3.20 bits per heavy atom. The van der Waals surface area contributed by atoms with Crippen LogP contribution in [0, 0.1) is 0 Å². The second kappa shape index (κ2) is 3.27. The third-order valence-corrected chi connectivity index (χ3v) is 2.94. The molecule has 15 heavy (non-hydrogen) atoms. The van der Waals surface area contributed by atoms with Crippen LogP contribution in [-0.2, 0) is 0 Å². The molecule has 2 aromatic heterocycles. The molecule has 0 aliphatic carbocycles. The van der Waals surface area contributed by atoms with E-state index in [0.29, 0.717) is 6.04 Å². The molecule has 1 unspecified atom stereocenters. The number of likely N-dealkylation sites (N-methyl/N-ethyl adjacent to an activating group) is 1. The molecule has 1 saturated heterocycles. The van der Waals surface area contributed by atoms with Crippen LogP contribution in [0.25, 0.3) is 11.2 Å². The fourth-order valence-electron chi connectivity index (χ4n) is 2.14. The predicted molar refractivity (Wildman–Crippen MR) is 56.5 cm³/mol. The van der Waals surface area contributed by atoms with Crippen molar-refractivity contribution in [1.29, 1.82) is 0 Å². The minimum absolute atomic E-state index is 0.426. The Kier molecular flexibility index (Phi) is 1.92. The molecule has 2 aromatic rings. The summed E-state index contributed by atoms with van der Waals surface area (Å²) in [7, 11) is 2.13. The number of likely N-dealkylation sites (tertiary alicyclic amines) is 1. The van der Waals surface area contributed by atoms with Gasteiger partial charge in [-0.1, -0.05) is 5.21 Å². The standard InChI is InChI=1S/C10H13N5/c1-14-6-4-8(7-14)15-10-9(12-13-15)3-2-5-11-10/h2-3,5,8H,4,6-7H2,1H3. The van der Waals surface area contributed by atoms with Gasteiger partial charge >= 0.3 is 0 Å². The van der Waals surface area contributed by atoms with Crippen molar-refractivity contribution in [3.63, 3.8) is 0 Å². The Bertz CT molecular complexity index is 477. The van der Waals surface area contributed by atoms with Gasteiger partial charge in [-0.2, -0.15) is 0 Å². The summed E-state index contributed by atoms with van der Waals surface area (Å²) in [4.78, 5) is 6.64. The average Bonchev–Trinajstić information content (AvgIpc) is 2.83. The zero-order valence-electron chi connectivity index (χ0n) is 8.67. The van der Waals surface area contributed by atoms with Crippen molar-refractivity contribution in [3.8, 4) is 0 Å². The number of aromatic nitrogens is 4. The van der Waals surface area contributed by atoms with E-state index < -0.39 is 0 Å². The van der Waals surface area contributed by atoms with E-state index in [1.807, 2.05) is 16.8 Å². The van der Waals surface area contributed by atoms with Crippen LogP contribution >= 0.6 is 0 Å². The summed E-state index contributed by atoms with van der Waals surface area (Å²) in [6.07, 6.45) is 2.92. The highest BCUT2D eigenvalue weighted by Crippen LogP contribution is 2.21. The van der Waals surface area contributed by atoms with E-state index in [9.17, 15) is 0 Å². The molecule has 0 spiro atoms. The van der Waals surface area contributed by atoms with Crippen LogP contribution in [0.3, 0.4) is 0 Å². The first-order chi connectivity index (χ1) is 7.34. The smallest absolute Gasteiger partial charge is 0.178 e. The van der Waals surface area contributed by atoms with E-state index >= 15 is 0 Å². The molecule has 0 amide bonds. The number of nitrogens with zero attached hydrogens (tertiary/aromatic N) is 5. The number of hydrogen-bond donors (Lipinski definition) is 0. The summed E-state index contributed by atoms with van der Waals surface area (Å²) in [5, 5.41) is 8.31. The van der Waals surface area contributed by atoms with Crippen LogP contribution in [-0.4, -0.2) is 45.0 Å². The average molecular weight is 203 g/mol. The summed E-state index contributed by atoms with van der Waals surface area (Å²) < 4.78 is 1.96. The van der Waals surface area contributed by atoms with Gasteiger partial charge in [-0.3, -0.25) is 0 Å². The Morgan fingerprint density at radius 1 is 1.47 bits per heavy atom. The number of rotatable bonds is 1. The molecule has 0 radical (unpaired) electrons. The highest BCUT2D eigenvalue weighted by atomic mass is 15.5. The lowest BCUT2D eigenvalue weighted by Gasteiger charge is -2.10. The Labute approximate surface area is 87.7 Å². The summed E-state index contributed by atoms with van der Waals surface area (Å²) in [5.41, 5.74) is 1.78. The predicted octanol–water partition coefficient (Wildman–Crippen LogP) is 0.703. The maximum Gasteiger partial charge on any atom is 0.178 e. The summed E-state index contributed by atoms with van der Waals surface area (Å²) in [6.45, 7) is 2.16. The van der Waals surface area contributed by atoms with E-state index in [4.69, 9.17) is 0 Å². The minimum atomic E-state index is 0.426. The second-order valence-corrected chi connectivity index (χ2v) is 4.08. The highest BCUT2D eigenvalue weighted by molar-refractivity contribution is 5.68. The number of pyridine rings is 1. The van der Waals surface area contributed by atoms with Crippen LogP contribution in [0.5, 0.6) is 0 Å². The molecule has 0 bridgehead atoms. The van der Waals surface area contributed by atoms with Crippen molar-refractivity contribution in [3.05, 3.63) is 18.3 Å². The van der Waals surface area contributed by atoms with E-state index in [1.54, 1.807) is 6.20 Å². The summed E-state index contributed by atoms with van der Waals surface area (Å²) in [5.74, 6) is 0. The lowest BCUT2D eigenvalue weighted by Crippen LogP contribution is -2.17. The zero-order valence-corrected chi connectivity index (χ0v) is 8.67. The monoisotopic (exact) mass is 203 g/mol. The van der Waals surface area contributed by atoms with Crippen molar-refractivity contribution >= 4 is 11.2 Å². The van der Waals surface area contributed by atoms with Crippen molar-refractivity contribution in [2.45, 2.75) is 12.5 Å². The van der Waals surface area contributed by atoms with Gasteiger partial charge in [0.1, 0.15) is 5.52 Å². The summed E-state index contributed by atoms with van der Waals surface area (Å²) in [6, 6.07) is 4.27. The quantitative estimate of drug-likeness (QED) is 0.684. The van der Waals surface area contributed by atoms with Gasteiger partial charge < -0.3 is 4.90 Å². The normalized spacial score (nSPS) is 22.6. The lowest BCUT2D eigenvalue weighted by atomic mass is 10.3. The van der Waals surface area contributed by atoms with E-state index in [0.717, 1.165) is 30.7 Å². The maximum atomic E-state index is 4.33. The molecule has 5 heteroatoms. The van der Waals surface area contributed by atoms with Gasteiger partial charge in [-0.25, -0.2) is 9.67 Å². The van der Waals surface area contributed by atoms with Crippen molar-refractivity contribution in [2.75, 3.05) is 20.1 Å². The molecule has 3 rings (SSSR count). The fourth-order valence-corrected chi connectivity index (χ4v) is 2.14. The molecule has 3 heterocycles. The van der Waals surface area contributed by atoms with E-state index in [-0.39, 0.29) is 0 Å². The SMILES string of the molecule is CN1CCC(n2nnc3cccnc32)C1. The molecule has 0 N–H and O–H groups in total. The molecule has 0 saturated carbocycles. The Morgan fingerprint density at radius 2 is 2.40 bits per heavy atom. The highest BCUT2D eigenvalue weighted by Gasteiger charge is 2.23. The molecule has 1 fully saturated rings. The molecular formula is C10H13N5. The third kappa shape index (κ3) is 1.39. The first kappa shape index (κ1) is 8.79. The number of hydrogen-bond acceptors (Lipinski definition) is 4. The molecule has 1 aliphatic heterocycles. The molecular weight excluding hydrogens is 190 g/mol. The van der Waals surface area contributed by atoms with Crippen LogP contribution in [0.2, 0.25) is 0 Å². The van der Waals surface area contributed by atoms with Gasteiger partial charge in [0.2, 0.25) is 0 Å². The second-order valence-electron chi connectivity index (χ2n) is 4.08. The number of fused-ring (bicyclic) bond motifs is 1. The fraction of sp³-hybridized carbons (Fsp3) is 0.500. The van der Waals surface area contributed by atoms with Gasteiger partial charge in [-0.15, -0.1) is 5.10 Å². The molecule has 0 aromatic carbocycles. The van der Waals surface area contributed by atoms with Crippen molar-refractivity contribution < 1.29 is 0 Å². The largest absolute Gasteiger partial charge is 0.304 e. The Hall–Kier alpha value is -1.49. The van der Waals surface area contributed by atoms with Gasteiger partial charge in [0.05, 0.1) is 6.04 Å². The molecule has 5 nitrogen and oxygen atoms in total. The van der Waals surface area contributed by atoms with Crippen LogP contribution in [0.15, 0.2) is 18.3 Å².